The first-order chi connectivity index (χ1) is 11.7. The normalized spacial score (nSPS) is 10.9. The molecule has 6 heteroatoms. The smallest absolute Gasteiger partial charge is 0.165 e. The van der Waals surface area contributed by atoms with Crippen LogP contribution in [0.15, 0.2) is 65.5 Å². The lowest BCUT2D eigenvalue weighted by atomic mass is 10.0. The molecule has 0 amide bonds. The number of nitrogens with two attached hydrogens (primary N) is 1. The van der Waals surface area contributed by atoms with Crippen molar-refractivity contribution in [2.24, 2.45) is 0 Å². The van der Waals surface area contributed by atoms with Crippen LogP contribution in [0, 0.1) is 0 Å². The summed E-state index contributed by atoms with van der Waals surface area (Å²) in [6.45, 7) is 0. The fourth-order valence-corrected chi connectivity index (χ4v) is 3.02. The predicted molar refractivity (Wildman–Crippen MR) is 98.1 cm³/mol. The maximum Gasteiger partial charge on any atom is 0.165 e. The summed E-state index contributed by atoms with van der Waals surface area (Å²) < 4.78 is 0.986. The molecule has 0 aliphatic rings. The summed E-state index contributed by atoms with van der Waals surface area (Å²) in [5, 5.41) is 0.746. The summed E-state index contributed by atoms with van der Waals surface area (Å²) in [6, 6.07) is 15.7. The monoisotopic (exact) mass is 377 g/mol. The molecular formula is C18H12BrN5. The standard InChI is InChI=1S/C18H12BrN5/c19-12-5-3-4-11(8-12)13-9-15(14-6-1-2-7-21-14)24-18-16(13)17(20)22-10-23-18/h1-10H,(H2,20,22,23,24). The minimum atomic E-state index is 0.412. The molecule has 3 heterocycles. The Morgan fingerprint density at radius 2 is 1.79 bits per heavy atom. The first kappa shape index (κ1) is 14.7. The molecule has 0 aliphatic carbocycles. The van der Waals surface area contributed by atoms with E-state index in [-0.39, 0.29) is 0 Å². The fraction of sp³-hybridized carbons (Fsp3) is 0. The molecule has 4 rings (SSSR count). The molecule has 2 N–H and O–H groups in total. The molecule has 0 aliphatic heterocycles. The van der Waals surface area contributed by atoms with Gasteiger partial charge in [0, 0.05) is 10.7 Å². The topological polar surface area (TPSA) is 77.6 Å². The van der Waals surface area contributed by atoms with E-state index in [2.05, 4.69) is 35.9 Å². The molecule has 0 bridgehead atoms. The maximum absolute atomic E-state index is 6.10. The molecule has 0 unspecified atom stereocenters. The Labute approximate surface area is 146 Å². The third-order valence-corrected chi connectivity index (χ3v) is 4.19. The molecule has 0 saturated heterocycles. The Bertz CT molecular complexity index is 1030. The Hall–Kier alpha value is -2.86. The summed E-state index contributed by atoms with van der Waals surface area (Å²) >= 11 is 3.51. The van der Waals surface area contributed by atoms with Gasteiger partial charge in [-0.05, 0) is 41.5 Å². The Morgan fingerprint density at radius 1 is 0.875 bits per heavy atom. The summed E-state index contributed by atoms with van der Waals surface area (Å²) in [6.07, 6.45) is 3.17. The van der Waals surface area contributed by atoms with E-state index in [4.69, 9.17) is 5.73 Å². The van der Waals surface area contributed by atoms with Gasteiger partial charge in [0.15, 0.2) is 5.65 Å². The van der Waals surface area contributed by atoms with Crippen molar-refractivity contribution >= 4 is 32.8 Å². The SMILES string of the molecule is Nc1ncnc2nc(-c3ccccn3)cc(-c3cccc(Br)c3)c12. The number of hydrogen-bond acceptors (Lipinski definition) is 5. The molecular weight excluding hydrogens is 366 g/mol. The third kappa shape index (κ3) is 2.61. The lowest BCUT2D eigenvalue weighted by Gasteiger charge is -2.11. The number of hydrogen-bond donors (Lipinski definition) is 1. The van der Waals surface area contributed by atoms with Gasteiger partial charge in [-0.3, -0.25) is 4.98 Å². The molecule has 3 aromatic heterocycles. The Kier molecular flexibility index (Phi) is 3.66. The summed E-state index contributed by atoms with van der Waals surface area (Å²) in [5.41, 5.74) is 10.1. The van der Waals surface area contributed by atoms with E-state index < -0.39 is 0 Å². The van der Waals surface area contributed by atoms with Crippen LogP contribution in [-0.2, 0) is 0 Å². The van der Waals surface area contributed by atoms with Crippen molar-refractivity contribution in [3.05, 3.63) is 65.5 Å². The second-order valence-corrected chi connectivity index (χ2v) is 6.15. The first-order valence-electron chi connectivity index (χ1n) is 7.31. The van der Waals surface area contributed by atoms with Gasteiger partial charge in [0.05, 0.1) is 16.8 Å². The maximum atomic E-state index is 6.10. The number of nitrogen functional groups attached to an aromatic ring is 1. The molecule has 24 heavy (non-hydrogen) atoms. The van der Waals surface area contributed by atoms with Crippen LogP contribution in [0.4, 0.5) is 5.82 Å². The quantitative estimate of drug-likeness (QED) is 0.568. The van der Waals surface area contributed by atoms with Crippen molar-refractivity contribution in [2.75, 3.05) is 5.73 Å². The van der Waals surface area contributed by atoms with Gasteiger partial charge in [0.2, 0.25) is 0 Å². The molecule has 0 radical (unpaired) electrons. The second-order valence-electron chi connectivity index (χ2n) is 5.24. The van der Waals surface area contributed by atoms with Crippen LogP contribution >= 0.6 is 15.9 Å². The zero-order valence-electron chi connectivity index (χ0n) is 12.5. The van der Waals surface area contributed by atoms with Crippen LogP contribution in [0.1, 0.15) is 0 Å². The van der Waals surface area contributed by atoms with Crippen molar-refractivity contribution in [3.63, 3.8) is 0 Å². The minimum absolute atomic E-state index is 0.412. The average molecular weight is 378 g/mol. The number of halogens is 1. The zero-order chi connectivity index (χ0) is 16.5. The van der Waals surface area contributed by atoms with Gasteiger partial charge < -0.3 is 5.73 Å². The first-order valence-corrected chi connectivity index (χ1v) is 8.10. The van der Waals surface area contributed by atoms with Crippen molar-refractivity contribution in [2.45, 2.75) is 0 Å². The van der Waals surface area contributed by atoms with E-state index in [1.165, 1.54) is 6.33 Å². The molecule has 1 aromatic carbocycles. The van der Waals surface area contributed by atoms with E-state index in [9.17, 15) is 0 Å². The lowest BCUT2D eigenvalue weighted by Crippen LogP contribution is -1.99. The van der Waals surface area contributed by atoms with Gasteiger partial charge in [-0.25, -0.2) is 15.0 Å². The second kappa shape index (κ2) is 5.98. The van der Waals surface area contributed by atoms with Crippen molar-refractivity contribution in [3.8, 4) is 22.5 Å². The fourth-order valence-electron chi connectivity index (χ4n) is 2.62. The number of aromatic nitrogens is 4. The Morgan fingerprint density at radius 3 is 2.58 bits per heavy atom. The zero-order valence-corrected chi connectivity index (χ0v) is 14.1. The molecule has 0 saturated carbocycles. The van der Waals surface area contributed by atoms with Crippen LogP contribution in [0.25, 0.3) is 33.5 Å². The number of nitrogens with zero attached hydrogens (tertiary/aromatic N) is 4. The highest BCUT2D eigenvalue weighted by atomic mass is 79.9. The summed E-state index contributed by atoms with van der Waals surface area (Å²) in [5.74, 6) is 0.412. The molecule has 5 nitrogen and oxygen atoms in total. The molecule has 0 fully saturated rings. The number of rotatable bonds is 2. The molecule has 0 spiro atoms. The van der Waals surface area contributed by atoms with Crippen LogP contribution in [0.2, 0.25) is 0 Å². The van der Waals surface area contributed by atoms with E-state index in [0.29, 0.717) is 11.5 Å². The van der Waals surface area contributed by atoms with Crippen LogP contribution in [0.3, 0.4) is 0 Å². The van der Waals surface area contributed by atoms with E-state index >= 15 is 0 Å². The van der Waals surface area contributed by atoms with Crippen LogP contribution in [-0.4, -0.2) is 19.9 Å². The summed E-state index contributed by atoms with van der Waals surface area (Å²) in [4.78, 5) is 17.4. The number of anilines is 1. The lowest BCUT2D eigenvalue weighted by molar-refractivity contribution is 1.18. The third-order valence-electron chi connectivity index (χ3n) is 3.70. The van der Waals surface area contributed by atoms with Gasteiger partial charge in [-0.2, -0.15) is 0 Å². The van der Waals surface area contributed by atoms with Crippen LogP contribution in [0.5, 0.6) is 0 Å². The molecule has 116 valence electrons. The van der Waals surface area contributed by atoms with Gasteiger partial charge in [0.25, 0.3) is 0 Å². The largest absolute Gasteiger partial charge is 0.383 e. The van der Waals surface area contributed by atoms with E-state index in [1.54, 1.807) is 6.20 Å². The number of fused-ring (bicyclic) bond motifs is 1. The predicted octanol–water partition coefficient (Wildman–Crippen LogP) is 4.10. The number of pyridine rings is 2. The number of benzene rings is 1. The van der Waals surface area contributed by atoms with Crippen LogP contribution < -0.4 is 5.73 Å². The molecule has 4 aromatic rings. The summed E-state index contributed by atoms with van der Waals surface area (Å²) in [7, 11) is 0. The molecule has 0 atom stereocenters. The Balaban J connectivity index is 2.06. The van der Waals surface area contributed by atoms with Gasteiger partial charge in [-0.15, -0.1) is 0 Å². The van der Waals surface area contributed by atoms with Crippen molar-refractivity contribution in [1.82, 2.24) is 19.9 Å². The van der Waals surface area contributed by atoms with Gasteiger partial charge >= 0.3 is 0 Å². The van der Waals surface area contributed by atoms with E-state index in [0.717, 1.165) is 32.4 Å². The van der Waals surface area contributed by atoms with Crippen molar-refractivity contribution < 1.29 is 0 Å². The van der Waals surface area contributed by atoms with Gasteiger partial charge in [-0.1, -0.05) is 34.1 Å². The minimum Gasteiger partial charge on any atom is -0.383 e. The van der Waals surface area contributed by atoms with Crippen molar-refractivity contribution in [1.29, 1.82) is 0 Å². The van der Waals surface area contributed by atoms with Gasteiger partial charge in [0.1, 0.15) is 12.1 Å². The van der Waals surface area contributed by atoms with E-state index in [1.807, 2.05) is 48.5 Å². The average Bonchev–Trinajstić information content (AvgIpc) is 2.62. The highest BCUT2D eigenvalue weighted by molar-refractivity contribution is 9.10. The highest BCUT2D eigenvalue weighted by Crippen LogP contribution is 2.34. The highest BCUT2D eigenvalue weighted by Gasteiger charge is 2.14.